The lowest BCUT2D eigenvalue weighted by atomic mass is 10.0. The molecule has 0 atom stereocenters. The Kier molecular flexibility index (Phi) is 6.20. The van der Waals surface area contributed by atoms with Crippen molar-refractivity contribution in [1.82, 2.24) is 19.5 Å². The van der Waals surface area contributed by atoms with Gasteiger partial charge in [0.05, 0.1) is 16.7 Å². The van der Waals surface area contributed by atoms with E-state index in [1.807, 2.05) is 36.4 Å². The van der Waals surface area contributed by atoms with Gasteiger partial charge in [0, 0.05) is 33.3 Å². The molecule has 5 nitrogen and oxygen atoms in total. The maximum atomic E-state index is 5.19. The lowest BCUT2D eigenvalue weighted by Crippen LogP contribution is -2.14. The highest BCUT2D eigenvalue weighted by Gasteiger charge is 2.27. The summed E-state index contributed by atoms with van der Waals surface area (Å²) in [6.07, 6.45) is 1.97. The second-order valence-electron chi connectivity index (χ2n) is 11.6. The van der Waals surface area contributed by atoms with Crippen molar-refractivity contribution in [3.05, 3.63) is 163 Å². The molecule has 0 bridgehead atoms. The van der Waals surface area contributed by atoms with Crippen LogP contribution in [-0.4, -0.2) is 19.5 Å². The minimum Gasteiger partial charge on any atom is -0.308 e. The van der Waals surface area contributed by atoms with E-state index in [1.165, 1.54) is 22.5 Å². The van der Waals surface area contributed by atoms with E-state index < -0.39 is 0 Å². The Hall–Kier alpha value is -6.07. The van der Waals surface area contributed by atoms with Crippen LogP contribution in [-0.2, 0) is 12.8 Å². The van der Waals surface area contributed by atoms with E-state index in [1.54, 1.807) is 0 Å². The number of hydrogen-bond donors (Lipinski definition) is 0. The topological polar surface area (TPSA) is 46.8 Å². The fourth-order valence-electron chi connectivity index (χ4n) is 6.83. The molecule has 5 heteroatoms. The number of fused-ring (bicyclic) bond motifs is 5. The number of benzene rings is 6. The van der Waals surface area contributed by atoms with Gasteiger partial charge in [0.25, 0.3) is 0 Å². The molecule has 8 aromatic rings. The van der Waals surface area contributed by atoms with Crippen LogP contribution in [0.4, 0.5) is 17.1 Å². The highest BCUT2D eigenvalue weighted by atomic mass is 15.2. The average Bonchev–Trinajstić information content (AvgIpc) is 3.38. The number of rotatable bonds is 4. The van der Waals surface area contributed by atoms with Crippen LogP contribution in [0.25, 0.3) is 50.5 Å². The smallest absolute Gasteiger partial charge is 0.238 e. The fraction of sp³-hybridized carbons (Fsp3) is 0.0488. The van der Waals surface area contributed by atoms with Crippen molar-refractivity contribution >= 4 is 38.9 Å². The SMILES string of the molecule is c1ccc(-c2nc(-c3ccccc3)nc(-n3c4ccccc4c4cccc(N5c6ccccc6CCc6ccccc65)c43)n2)cc1. The summed E-state index contributed by atoms with van der Waals surface area (Å²) in [5.41, 5.74) is 10.1. The highest BCUT2D eigenvalue weighted by molar-refractivity contribution is 6.14. The lowest BCUT2D eigenvalue weighted by molar-refractivity contribution is 0.952. The first-order valence-electron chi connectivity index (χ1n) is 15.7. The van der Waals surface area contributed by atoms with Gasteiger partial charge in [0.1, 0.15) is 0 Å². The minimum absolute atomic E-state index is 0.586. The van der Waals surface area contributed by atoms with Gasteiger partial charge in [-0.15, -0.1) is 0 Å². The molecule has 3 heterocycles. The van der Waals surface area contributed by atoms with Gasteiger partial charge in [-0.05, 0) is 48.2 Å². The van der Waals surface area contributed by atoms with E-state index in [0.29, 0.717) is 17.6 Å². The number of para-hydroxylation sites is 4. The van der Waals surface area contributed by atoms with Crippen LogP contribution < -0.4 is 4.90 Å². The molecule has 0 spiro atoms. The Balaban J connectivity index is 1.40. The van der Waals surface area contributed by atoms with Gasteiger partial charge >= 0.3 is 0 Å². The van der Waals surface area contributed by atoms with Crippen LogP contribution in [0.2, 0.25) is 0 Å². The molecule has 218 valence electrons. The summed E-state index contributed by atoms with van der Waals surface area (Å²) in [5.74, 6) is 1.86. The molecular formula is C41H29N5. The average molecular weight is 592 g/mol. The van der Waals surface area contributed by atoms with Gasteiger partial charge in [-0.3, -0.25) is 4.57 Å². The molecule has 0 N–H and O–H groups in total. The van der Waals surface area contributed by atoms with Crippen molar-refractivity contribution in [2.45, 2.75) is 12.8 Å². The normalized spacial score (nSPS) is 12.6. The Morgan fingerprint density at radius 3 is 1.54 bits per heavy atom. The third-order valence-electron chi connectivity index (χ3n) is 8.93. The van der Waals surface area contributed by atoms with Gasteiger partial charge in [0.15, 0.2) is 11.6 Å². The van der Waals surface area contributed by atoms with E-state index in [2.05, 4.69) is 125 Å². The van der Waals surface area contributed by atoms with Crippen molar-refractivity contribution in [3.8, 4) is 28.7 Å². The maximum Gasteiger partial charge on any atom is 0.238 e. The number of hydrogen-bond acceptors (Lipinski definition) is 4. The van der Waals surface area contributed by atoms with Crippen molar-refractivity contribution in [2.24, 2.45) is 0 Å². The van der Waals surface area contributed by atoms with Crippen LogP contribution in [0.1, 0.15) is 11.1 Å². The molecule has 46 heavy (non-hydrogen) atoms. The van der Waals surface area contributed by atoms with Crippen LogP contribution in [0.3, 0.4) is 0 Å². The molecule has 1 aliphatic heterocycles. The zero-order valence-corrected chi connectivity index (χ0v) is 25.1. The zero-order valence-electron chi connectivity index (χ0n) is 25.1. The molecule has 0 aliphatic carbocycles. The van der Waals surface area contributed by atoms with Crippen LogP contribution in [0.5, 0.6) is 0 Å². The van der Waals surface area contributed by atoms with Crippen molar-refractivity contribution < 1.29 is 0 Å². The zero-order chi connectivity index (χ0) is 30.5. The molecule has 0 amide bonds. The monoisotopic (exact) mass is 591 g/mol. The molecule has 1 aliphatic rings. The minimum atomic E-state index is 0.586. The third-order valence-corrected chi connectivity index (χ3v) is 8.93. The molecule has 9 rings (SSSR count). The Morgan fingerprint density at radius 2 is 0.913 bits per heavy atom. The Labute approximate surface area is 267 Å². The number of anilines is 3. The fourth-order valence-corrected chi connectivity index (χ4v) is 6.83. The molecule has 0 unspecified atom stereocenters. The molecule has 0 saturated carbocycles. The second-order valence-corrected chi connectivity index (χ2v) is 11.6. The van der Waals surface area contributed by atoms with E-state index in [4.69, 9.17) is 15.0 Å². The first kappa shape index (κ1) is 26.3. The molecular weight excluding hydrogens is 562 g/mol. The van der Waals surface area contributed by atoms with Gasteiger partial charge < -0.3 is 4.90 Å². The van der Waals surface area contributed by atoms with E-state index in [-0.39, 0.29) is 0 Å². The molecule has 0 saturated heterocycles. The molecule has 2 aromatic heterocycles. The first-order chi connectivity index (χ1) is 22.8. The Bertz CT molecular complexity index is 2270. The van der Waals surface area contributed by atoms with Crippen LogP contribution in [0.15, 0.2) is 152 Å². The molecule has 0 radical (unpaired) electrons. The maximum absolute atomic E-state index is 5.19. The summed E-state index contributed by atoms with van der Waals surface area (Å²) >= 11 is 0. The molecule has 6 aromatic carbocycles. The van der Waals surface area contributed by atoms with Crippen molar-refractivity contribution in [2.75, 3.05) is 4.90 Å². The predicted octanol–water partition coefficient (Wildman–Crippen LogP) is 9.87. The number of aryl methyl sites for hydroxylation is 2. The third kappa shape index (κ3) is 4.28. The van der Waals surface area contributed by atoms with Crippen molar-refractivity contribution in [1.29, 1.82) is 0 Å². The number of nitrogens with zero attached hydrogens (tertiary/aromatic N) is 5. The summed E-state index contributed by atoms with van der Waals surface area (Å²) in [7, 11) is 0. The van der Waals surface area contributed by atoms with Gasteiger partial charge in [-0.2, -0.15) is 9.97 Å². The first-order valence-corrected chi connectivity index (χ1v) is 15.7. The van der Waals surface area contributed by atoms with Gasteiger partial charge in [-0.25, -0.2) is 4.98 Å². The Morgan fingerprint density at radius 1 is 0.413 bits per heavy atom. The predicted molar refractivity (Wildman–Crippen MR) is 187 cm³/mol. The lowest BCUT2D eigenvalue weighted by Gasteiger charge is -2.28. The van der Waals surface area contributed by atoms with E-state index in [0.717, 1.165) is 51.5 Å². The summed E-state index contributed by atoms with van der Waals surface area (Å²) in [5, 5.41) is 2.30. The van der Waals surface area contributed by atoms with Gasteiger partial charge in [-0.1, -0.05) is 127 Å². The highest BCUT2D eigenvalue weighted by Crippen LogP contribution is 2.46. The van der Waals surface area contributed by atoms with E-state index in [9.17, 15) is 0 Å². The summed E-state index contributed by atoms with van der Waals surface area (Å²) in [4.78, 5) is 17.8. The quantitative estimate of drug-likeness (QED) is 0.204. The van der Waals surface area contributed by atoms with E-state index >= 15 is 0 Å². The van der Waals surface area contributed by atoms with Crippen molar-refractivity contribution in [3.63, 3.8) is 0 Å². The summed E-state index contributed by atoms with van der Waals surface area (Å²) in [6, 6.07) is 53.1. The largest absolute Gasteiger partial charge is 0.308 e. The summed E-state index contributed by atoms with van der Waals surface area (Å²) in [6.45, 7) is 0. The van der Waals surface area contributed by atoms with Crippen LogP contribution in [0, 0.1) is 0 Å². The molecule has 0 fully saturated rings. The van der Waals surface area contributed by atoms with Gasteiger partial charge in [0.2, 0.25) is 5.95 Å². The van der Waals surface area contributed by atoms with Crippen LogP contribution >= 0.6 is 0 Å². The number of aromatic nitrogens is 4. The second kappa shape index (κ2) is 10.8. The summed E-state index contributed by atoms with van der Waals surface area (Å²) < 4.78 is 2.23. The standard InChI is InChI=1S/C41H29N5/c1-3-16-30(17-4-1)39-42-40(31-18-5-2-6-19-31)44-41(43-39)46-36-24-12-9-20-32(36)33-21-13-25-37(38(33)46)45-34-22-10-7-14-28(34)26-27-29-15-8-11-23-35(29)45/h1-25H,26-27H2.